The molecule has 0 amide bonds. The van der Waals surface area contributed by atoms with Crippen LogP contribution in [0.1, 0.15) is 64.1 Å². The minimum absolute atomic E-state index is 0.142. The first-order valence-electron chi connectivity index (χ1n) is 7.48. The maximum atomic E-state index is 5.62. The molecular formula is C15H23N3O. The summed E-state index contributed by atoms with van der Waals surface area (Å²) in [6, 6.07) is 0. The summed E-state index contributed by atoms with van der Waals surface area (Å²) in [6.45, 7) is 5.30. The molecule has 4 nitrogen and oxygen atoms in total. The lowest BCUT2D eigenvalue weighted by Gasteiger charge is -2.64. The third-order valence-corrected chi connectivity index (χ3v) is 5.73. The van der Waals surface area contributed by atoms with Crippen molar-refractivity contribution < 1.29 is 4.52 Å². The highest BCUT2D eigenvalue weighted by molar-refractivity contribution is 5.20. The molecular weight excluding hydrogens is 238 g/mol. The topological polar surface area (TPSA) is 64.9 Å². The Labute approximate surface area is 114 Å². The fourth-order valence-corrected chi connectivity index (χ4v) is 6.24. The van der Waals surface area contributed by atoms with Gasteiger partial charge in [0.1, 0.15) is 0 Å². The summed E-state index contributed by atoms with van der Waals surface area (Å²) in [5.74, 6) is 2.37. The second kappa shape index (κ2) is 3.40. The van der Waals surface area contributed by atoms with Crippen LogP contribution in [0.3, 0.4) is 0 Å². The molecule has 0 radical (unpaired) electrons. The summed E-state index contributed by atoms with van der Waals surface area (Å²) in [7, 11) is 0. The Morgan fingerprint density at radius 2 is 1.84 bits per heavy atom. The molecule has 1 aromatic rings. The summed E-state index contributed by atoms with van der Waals surface area (Å²) < 4.78 is 5.59. The second-order valence-corrected chi connectivity index (χ2v) is 8.13. The molecule has 4 saturated carbocycles. The molecule has 2 N–H and O–H groups in total. The van der Waals surface area contributed by atoms with E-state index in [1.807, 2.05) is 0 Å². The number of nitrogens with two attached hydrogens (primary N) is 1. The van der Waals surface area contributed by atoms with Gasteiger partial charge in [0.05, 0.1) is 12.0 Å². The smallest absolute Gasteiger partial charge is 0.232 e. The van der Waals surface area contributed by atoms with E-state index in [0.29, 0.717) is 23.2 Å². The molecule has 0 aliphatic heterocycles. The summed E-state index contributed by atoms with van der Waals surface area (Å²) in [4.78, 5) is 4.58. The highest BCUT2D eigenvalue weighted by atomic mass is 16.5. The Balaban J connectivity index is 1.78. The van der Waals surface area contributed by atoms with E-state index in [-0.39, 0.29) is 5.41 Å². The van der Waals surface area contributed by atoms with Crippen molar-refractivity contribution in [2.24, 2.45) is 22.5 Å². The molecule has 19 heavy (non-hydrogen) atoms. The number of rotatable bonds is 2. The Hall–Kier alpha value is -0.900. The predicted octanol–water partition coefficient (Wildman–Crippen LogP) is 2.78. The van der Waals surface area contributed by atoms with E-state index < -0.39 is 0 Å². The molecule has 0 aromatic carbocycles. The van der Waals surface area contributed by atoms with E-state index >= 15 is 0 Å². The van der Waals surface area contributed by atoms with Gasteiger partial charge in [-0.1, -0.05) is 19.0 Å². The number of aromatic nitrogens is 2. The lowest BCUT2D eigenvalue weighted by atomic mass is 9.40. The van der Waals surface area contributed by atoms with E-state index in [1.54, 1.807) is 0 Å². The van der Waals surface area contributed by atoms with Crippen molar-refractivity contribution in [2.75, 3.05) is 0 Å². The van der Waals surface area contributed by atoms with Crippen LogP contribution in [0.15, 0.2) is 4.52 Å². The van der Waals surface area contributed by atoms with Crippen molar-refractivity contribution >= 4 is 0 Å². The predicted molar refractivity (Wildman–Crippen MR) is 71.3 cm³/mol. The van der Waals surface area contributed by atoms with Crippen LogP contribution in [-0.4, -0.2) is 10.1 Å². The molecule has 4 aliphatic carbocycles. The quantitative estimate of drug-likeness (QED) is 0.889. The average molecular weight is 261 g/mol. The molecule has 0 saturated heterocycles. The molecule has 1 aromatic heterocycles. The van der Waals surface area contributed by atoms with Crippen molar-refractivity contribution in [3.8, 4) is 0 Å². The van der Waals surface area contributed by atoms with Crippen LogP contribution in [0.25, 0.3) is 0 Å². The molecule has 4 heteroatoms. The fraction of sp³-hybridized carbons (Fsp3) is 0.867. The number of hydrogen-bond acceptors (Lipinski definition) is 4. The first-order chi connectivity index (χ1) is 8.94. The zero-order valence-electron chi connectivity index (χ0n) is 11.9. The monoisotopic (exact) mass is 261 g/mol. The van der Waals surface area contributed by atoms with E-state index in [2.05, 4.69) is 24.0 Å². The van der Waals surface area contributed by atoms with Crippen molar-refractivity contribution in [3.05, 3.63) is 11.7 Å². The van der Waals surface area contributed by atoms with E-state index in [9.17, 15) is 0 Å². The van der Waals surface area contributed by atoms with Crippen LogP contribution in [0.2, 0.25) is 0 Å². The zero-order valence-corrected chi connectivity index (χ0v) is 11.9. The second-order valence-electron chi connectivity index (χ2n) is 8.13. The standard InChI is InChI=1S/C15H23N3O/c1-13-3-10-4-14(2,7-13)9-15(5-10,8-13)12-17-11(6-16)18-19-12/h10H,3-9,16H2,1-2H3. The molecule has 1 heterocycles. The first kappa shape index (κ1) is 11.9. The van der Waals surface area contributed by atoms with Crippen molar-refractivity contribution in [1.29, 1.82) is 0 Å². The van der Waals surface area contributed by atoms with Gasteiger partial charge < -0.3 is 10.3 Å². The molecule has 2 unspecified atom stereocenters. The third kappa shape index (κ3) is 1.62. The van der Waals surface area contributed by atoms with Crippen LogP contribution in [0.5, 0.6) is 0 Å². The third-order valence-electron chi connectivity index (χ3n) is 5.73. The molecule has 2 atom stereocenters. The van der Waals surface area contributed by atoms with Crippen molar-refractivity contribution in [1.82, 2.24) is 10.1 Å². The lowest BCUT2D eigenvalue weighted by molar-refractivity contribution is -0.118. The number of hydrogen-bond donors (Lipinski definition) is 1. The Kier molecular flexibility index (Phi) is 2.13. The fourth-order valence-electron chi connectivity index (χ4n) is 6.24. The summed E-state index contributed by atoms with van der Waals surface area (Å²) in [5, 5.41) is 4.03. The van der Waals surface area contributed by atoms with Gasteiger partial charge in [-0.15, -0.1) is 0 Å². The normalized spacial score (nSPS) is 47.8. The Morgan fingerprint density at radius 3 is 2.37 bits per heavy atom. The minimum atomic E-state index is 0.142. The van der Waals surface area contributed by atoms with Gasteiger partial charge in [0.2, 0.25) is 5.89 Å². The van der Waals surface area contributed by atoms with Gasteiger partial charge in [0.15, 0.2) is 5.82 Å². The summed E-state index contributed by atoms with van der Waals surface area (Å²) >= 11 is 0. The first-order valence-corrected chi connectivity index (χ1v) is 7.48. The largest absolute Gasteiger partial charge is 0.339 e. The van der Waals surface area contributed by atoms with E-state index in [4.69, 9.17) is 10.3 Å². The molecule has 0 spiro atoms. The summed E-state index contributed by atoms with van der Waals surface area (Å²) in [6.07, 6.45) is 7.83. The van der Waals surface area contributed by atoms with Crippen LogP contribution in [0, 0.1) is 16.7 Å². The highest BCUT2D eigenvalue weighted by Crippen LogP contribution is 2.69. The lowest BCUT2D eigenvalue weighted by Crippen LogP contribution is -2.57. The molecule has 4 fully saturated rings. The van der Waals surface area contributed by atoms with Gasteiger partial charge in [0, 0.05) is 0 Å². The van der Waals surface area contributed by atoms with Crippen molar-refractivity contribution in [2.45, 2.75) is 64.3 Å². The Bertz CT molecular complexity index is 505. The van der Waals surface area contributed by atoms with E-state index in [1.165, 1.54) is 38.5 Å². The maximum Gasteiger partial charge on any atom is 0.232 e. The van der Waals surface area contributed by atoms with Crippen LogP contribution >= 0.6 is 0 Å². The summed E-state index contributed by atoms with van der Waals surface area (Å²) in [5.41, 5.74) is 6.72. The van der Waals surface area contributed by atoms with Crippen LogP contribution in [0.4, 0.5) is 0 Å². The molecule has 4 bridgehead atoms. The van der Waals surface area contributed by atoms with E-state index in [0.717, 1.165) is 11.8 Å². The van der Waals surface area contributed by atoms with Crippen LogP contribution in [-0.2, 0) is 12.0 Å². The SMILES string of the molecule is CC12CC3CC(C)(C1)CC(c1nc(CN)no1)(C3)C2. The zero-order chi connectivity index (χ0) is 13.3. The minimum Gasteiger partial charge on any atom is -0.339 e. The van der Waals surface area contributed by atoms with Crippen LogP contribution < -0.4 is 5.73 Å². The van der Waals surface area contributed by atoms with Crippen molar-refractivity contribution in [3.63, 3.8) is 0 Å². The van der Waals surface area contributed by atoms with Gasteiger partial charge in [-0.05, 0) is 55.3 Å². The molecule has 4 aliphatic rings. The molecule has 104 valence electrons. The van der Waals surface area contributed by atoms with Gasteiger partial charge in [-0.2, -0.15) is 4.98 Å². The Morgan fingerprint density at radius 1 is 1.16 bits per heavy atom. The van der Waals surface area contributed by atoms with Gasteiger partial charge in [-0.3, -0.25) is 0 Å². The van der Waals surface area contributed by atoms with Gasteiger partial charge in [0.25, 0.3) is 0 Å². The maximum absolute atomic E-state index is 5.62. The van der Waals surface area contributed by atoms with Gasteiger partial charge >= 0.3 is 0 Å². The number of nitrogens with zero attached hydrogens (tertiary/aromatic N) is 2. The average Bonchev–Trinajstić information content (AvgIpc) is 2.72. The van der Waals surface area contributed by atoms with Gasteiger partial charge in [-0.25, -0.2) is 0 Å². The highest BCUT2D eigenvalue weighted by Gasteiger charge is 2.62. The molecule has 5 rings (SSSR count).